The van der Waals surface area contributed by atoms with Gasteiger partial charge in [0.1, 0.15) is 5.82 Å². The lowest BCUT2D eigenvalue weighted by Gasteiger charge is -2.34. The largest absolute Gasteiger partial charge is 0.427 e. The van der Waals surface area contributed by atoms with Gasteiger partial charge in [0.2, 0.25) is 6.79 Å². The molecule has 2 aromatic carbocycles. The molecular formula is C34H45FN4O5. The van der Waals surface area contributed by atoms with Crippen LogP contribution in [0.4, 0.5) is 10.1 Å². The van der Waals surface area contributed by atoms with E-state index in [2.05, 4.69) is 30.7 Å². The Bertz CT molecular complexity index is 1530. The van der Waals surface area contributed by atoms with Crippen molar-refractivity contribution in [3.8, 4) is 0 Å². The van der Waals surface area contributed by atoms with Gasteiger partial charge in [0, 0.05) is 55.9 Å². The number of aryl methyl sites for hydroxylation is 3. The number of esters is 2. The highest BCUT2D eigenvalue weighted by atomic mass is 19.1. The second-order valence-corrected chi connectivity index (χ2v) is 12.6. The molecule has 1 aliphatic heterocycles. The van der Waals surface area contributed by atoms with E-state index in [1.165, 1.54) is 17.8 Å². The average Bonchev–Trinajstić information content (AvgIpc) is 3.21. The molecule has 4 rings (SSSR count). The number of benzene rings is 2. The normalized spacial score (nSPS) is 14.1. The fourth-order valence-corrected chi connectivity index (χ4v) is 5.47. The molecule has 1 aliphatic rings. The standard InChI is InChI=1S/C34H45FN4O5/c1-8-11-39-24(4)23(3)28-17-26(18-29(31(28)39)36-19-25-9-10-27(35)16-22(25)2)32(41)38-14-12-37(13-15-38)20-30(40)43-21-44-33(42)34(5,6)7/h9-10,16-18,36H,8,11-15,19-21H2,1-7H3. The van der Waals surface area contributed by atoms with Crippen molar-refractivity contribution in [3.63, 3.8) is 0 Å². The molecule has 0 aliphatic carbocycles. The van der Waals surface area contributed by atoms with Gasteiger partial charge < -0.3 is 24.3 Å². The van der Waals surface area contributed by atoms with Crippen molar-refractivity contribution in [2.75, 3.05) is 44.8 Å². The molecule has 0 atom stereocenters. The molecule has 0 unspecified atom stereocenters. The van der Waals surface area contributed by atoms with Gasteiger partial charge in [0.05, 0.1) is 23.2 Å². The summed E-state index contributed by atoms with van der Waals surface area (Å²) in [7, 11) is 0. The molecule has 1 N–H and O–H groups in total. The quantitative estimate of drug-likeness (QED) is 0.238. The third-order valence-electron chi connectivity index (χ3n) is 8.23. The number of halogens is 1. The molecule has 1 saturated heterocycles. The highest BCUT2D eigenvalue weighted by molar-refractivity contribution is 6.04. The molecule has 10 heteroatoms. The van der Waals surface area contributed by atoms with E-state index >= 15 is 0 Å². The van der Waals surface area contributed by atoms with Gasteiger partial charge in [-0.15, -0.1) is 0 Å². The number of ether oxygens (including phenoxy) is 2. The molecule has 44 heavy (non-hydrogen) atoms. The predicted octanol–water partition coefficient (Wildman–Crippen LogP) is 5.58. The van der Waals surface area contributed by atoms with Crippen LogP contribution < -0.4 is 5.32 Å². The van der Waals surface area contributed by atoms with Gasteiger partial charge in [0.25, 0.3) is 5.91 Å². The van der Waals surface area contributed by atoms with Gasteiger partial charge in [-0.3, -0.25) is 19.3 Å². The zero-order valence-electron chi connectivity index (χ0n) is 27.0. The Labute approximate surface area is 259 Å². The Kier molecular flexibility index (Phi) is 10.3. The molecule has 3 aromatic rings. The molecule has 0 radical (unpaired) electrons. The van der Waals surface area contributed by atoms with Crippen LogP contribution in [0.1, 0.15) is 66.9 Å². The first kappa shape index (κ1) is 33.0. The number of aromatic nitrogens is 1. The van der Waals surface area contributed by atoms with E-state index < -0.39 is 24.1 Å². The predicted molar refractivity (Wildman–Crippen MR) is 169 cm³/mol. The summed E-state index contributed by atoms with van der Waals surface area (Å²) in [5.41, 5.74) is 6.02. The SMILES string of the molecule is CCCn1c(C)c(C)c2cc(C(=O)N3CCN(CC(=O)OCOC(=O)C(C)(C)C)CC3)cc(NCc3ccc(F)cc3C)c21. The zero-order chi connectivity index (χ0) is 32.2. The van der Waals surface area contributed by atoms with Gasteiger partial charge in [-0.2, -0.15) is 0 Å². The smallest absolute Gasteiger partial charge is 0.323 e. The number of amides is 1. The Morgan fingerprint density at radius 1 is 0.977 bits per heavy atom. The van der Waals surface area contributed by atoms with Crippen molar-refractivity contribution in [2.24, 2.45) is 5.41 Å². The Hall–Kier alpha value is -3.92. The lowest BCUT2D eigenvalue weighted by Crippen LogP contribution is -2.50. The van der Waals surface area contributed by atoms with Crippen molar-refractivity contribution in [1.82, 2.24) is 14.4 Å². The van der Waals surface area contributed by atoms with Gasteiger partial charge >= 0.3 is 11.9 Å². The Balaban J connectivity index is 1.46. The van der Waals surface area contributed by atoms with Crippen LogP contribution in [0.2, 0.25) is 0 Å². The average molecular weight is 609 g/mol. The summed E-state index contributed by atoms with van der Waals surface area (Å²) < 4.78 is 26.1. The van der Waals surface area contributed by atoms with Gasteiger partial charge in [-0.05, 0) is 88.9 Å². The summed E-state index contributed by atoms with van der Waals surface area (Å²) in [6.07, 6.45) is 0.973. The molecule has 1 amide bonds. The maximum Gasteiger partial charge on any atom is 0.323 e. The molecule has 1 fully saturated rings. The molecule has 0 saturated carbocycles. The summed E-state index contributed by atoms with van der Waals surface area (Å²) in [6.45, 7) is 16.4. The van der Waals surface area contributed by atoms with Crippen molar-refractivity contribution < 1.29 is 28.2 Å². The van der Waals surface area contributed by atoms with Crippen LogP contribution >= 0.6 is 0 Å². The molecule has 238 valence electrons. The molecule has 9 nitrogen and oxygen atoms in total. The number of anilines is 1. The molecule has 2 heterocycles. The number of nitrogens with one attached hydrogen (secondary N) is 1. The number of rotatable bonds is 10. The van der Waals surface area contributed by atoms with Gasteiger partial charge in [-0.25, -0.2) is 4.39 Å². The highest BCUT2D eigenvalue weighted by Gasteiger charge is 2.27. The van der Waals surface area contributed by atoms with Crippen molar-refractivity contribution >= 4 is 34.4 Å². The van der Waals surface area contributed by atoms with E-state index in [1.807, 2.05) is 28.9 Å². The van der Waals surface area contributed by atoms with Crippen molar-refractivity contribution in [3.05, 3.63) is 64.1 Å². The summed E-state index contributed by atoms with van der Waals surface area (Å²) in [5, 5.41) is 4.59. The number of nitrogens with zero attached hydrogens (tertiary/aromatic N) is 3. The maximum atomic E-state index is 13.8. The number of hydrogen-bond donors (Lipinski definition) is 1. The minimum atomic E-state index is -0.671. The van der Waals surface area contributed by atoms with Crippen molar-refractivity contribution in [1.29, 1.82) is 0 Å². The Morgan fingerprint density at radius 2 is 1.68 bits per heavy atom. The third kappa shape index (κ3) is 7.59. The number of carbonyl (C=O) groups is 3. The van der Waals surface area contributed by atoms with Crippen LogP contribution in [0, 0.1) is 32.0 Å². The van der Waals surface area contributed by atoms with E-state index in [9.17, 15) is 18.8 Å². The van der Waals surface area contributed by atoms with Crippen molar-refractivity contribution in [2.45, 2.75) is 68.0 Å². The van der Waals surface area contributed by atoms with Crippen LogP contribution in [0.3, 0.4) is 0 Å². The fraction of sp³-hybridized carbons (Fsp3) is 0.500. The molecule has 1 aromatic heterocycles. The summed E-state index contributed by atoms with van der Waals surface area (Å²) in [4.78, 5) is 41.7. The lowest BCUT2D eigenvalue weighted by molar-refractivity contribution is -0.173. The summed E-state index contributed by atoms with van der Waals surface area (Å²) in [5.74, 6) is -1.24. The zero-order valence-corrected chi connectivity index (χ0v) is 27.0. The van der Waals surface area contributed by atoms with E-state index in [0.29, 0.717) is 38.3 Å². The first-order chi connectivity index (χ1) is 20.8. The van der Waals surface area contributed by atoms with E-state index in [4.69, 9.17) is 9.47 Å². The first-order valence-electron chi connectivity index (χ1n) is 15.3. The minimum absolute atomic E-state index is 0.0569. The molecular weight excluding hydrogens is 563 g/mol. The van der Waals surface area contributed by atoms with Crippen LogP contribution in [0.25, 0.3) is 10.9 Å². The maximum absolute atomic E-state index is 13.8. The summed E-state index contributed by atoms with van der Waals surface area (Å²) >= 11 is 0. The van der Waals surface area contributed by atoms with E-state index in [0.717, 1.165) is 46.2 Å². The fourth-order valence-electron chi connectivity index (χ4n) is 5.47. The molecule has 0 spiro atoms. The number of piperazine rings is 1. The molecule has 0 bridgehead atoms. The second kappa shape index (κ2) is 13.8. The first-order valence-corrected chi connectivity index (χ1v) is 15.3. The second-order valence-electron chi connectivity index (χ2n) is 12.6. The van der Waals surface area contributed by atoms with E-state index in [-0.39, 0.29) is 18.3 Å². The topological polar surface area (TPSA) is 93.1 Å². The Morgan fingerprint density at radius 3 is 2.32 bits per heavy atom. The number of fused-ring (bicyclic) bond motifs is 1. The van der Waals surface area contributed by atoms with Gasteiger partial charge in [-0.1, -0.05) is 13.0 Å². The van der Waals surface area contributed by atoms with Crippen LogP contribution in [-0.4, -0.2) is 71.7 Å². The monoisotopic (exact) mass is 608 g/mol. The summed E-state index contributed by atoms with van der Waals surface area (Å²) in [6, 6.07) is 8.70. The highest BCUT2D eigenvalue weighted by Crippen LogP contribution is 2.34. The lowest BCUT2D eigenvalue weighted by atomic mass is 9.98. The number of hydrogen-bond acceptors (Lipinski definition) is 7. The van der Waals surface area contributed by atoms with Crippen LogP contribution in [0.5, 0.6) is 0 Å². The van der Waals surface area contributed by atoms with Gasteiger partial charge in [0.15, 0.2) is 0 Å². The van der Waals surface area contributed by atoms with Crippen LogP contribution in [-0.2, 0) is 32.2 Å². The number of carbonyl (C=O) groups excluding carboxylic acids is 3. The van der Waals surface area contributed by atoms with E-state index in [1.54, 1.807) is 26.8 Å². The third-order valence-corrected chi connectivity index (χ3v) is 8.23. The minimum Gasteiger partial charge on any atom is -0.427 e. The van der Waals surface area contributed by atoms with Crippen LogP contribution in [0.15, 0.2) is 30.3 Å².